The van der Waals surface area contributed by atoms with Crippen LogP contribution in [0.4, 0.5) is 25.7 Å². The zero-order valence-electron chi connectivity index (χ0n) is 16.2. The van der Waals surface area contributed by atoms with Crippen LogP contribution in [0.25, 0.3) is 10.2 Å². The molecule has 0 bridgehead atoms. The fourth-order valence-corrected chi connectivity index (χ4v) is 5.17. The average Bonchev–Trinajstić information content (AvgIpc) is 3.12. The maximum Gasteiger partial charge on any atom is 0.323 e. The highest BCUT2D eigenvalue weighted by atomic mass is 32.2. The summed E-state index contributed by atoms with van der Waals surface area (Å²) in [5.41, 5.74) is 1.91. The fourth-order valence-electron chi connectivity index (χ4n) is 2.93. The molecule has 10 heteroatoms. The molecule has 2 amide bonds. The van der Waals surface area contributed by atoms with Crippen molar-refractivity contribution in [3.63, 3.8) is 0 Å². The Balaban J connectivity index is 1.55. The largest absolute Gasteiger partial charge is 0.323 e. The van der Waals surface area contributed by atoms with Crippen molar-refractivity contribution in [3.8, 4) is 0 Å². The Morgan fingerprint density at radius 2 is 1.71 bits per heavy atom. The summed E-state index contributed by atoms with van der Waals surface area (Å²) < 4.78 is 42.0. The van der Waals surface area contributed by atoms with Crippen molar-refractivity contribution in [3.05, 3.63) is 78.1 Å². The zero-order valence-corrected chi connectivity index (χ0v) is 17.9. The minimum atomic E-state index is -3.76. The van der Waals surface area contributed by atoms with E-state index in [1.54, 1.807) is 43.3 Å². The molecule has 4 aromatic rings. The van der Waals surface area contributed by atoms with Crippen molar-refractivity contribution in [2.24, 2.45) is 0 Å². The quantitative estimate of drug-likeness (QED) is 0.385. The topological polar surface area (TPSA) is 100 Å². The first-order valence-corrected chi connectivity index (χ1v) is 11.4. The van der Waals surface area contributed by atoms with Crippen LogP contribution in [0.2, 0.25) is 0 Å². The van der Waals surface area contributed by atoms with Crippen LogP contribution >= 0.6 is 11.3 Å². The highest BCUT2D eigenvalue weighted by molar-refractivity contribution is 7.93. The maximum atomic E-state index is 13.7. The first-order chi connectivity index (χ1) is 14.8. The number of thiazole rings is 1. The molecule has 7 nitrogen and oxygen atoms in total. The number of benzene rings is 3. The molecule has 0 aliphatic heterocycles. The number of fused-ring (bicyclic) bond motifs is 1. The second kappa shape index (κ2) is 8.32. The molecule has 0 unspecified atom stereocenters. The van der Waals surface area contributed by atoms with E-state index >= 15 is 0 Å². The van der Waals surface area contributed by atoms with E-state index in [1.165, 1.54) is 30.3 Å². The summed E-state index contributed by atoms with van der Waals surface area (Å²) in [6.45, 7) is 1.80. The Kier molecular flexibility index (Phi) is 5.57. The first kappa shape index (κ1) is 20.8. The van der Waals surface area contributed by atoms with Gasteiger partial charge in [0, 0.05) is 5.69 Å². The van der Waals surface area contributed by atoms with Gasteiger partial charge in [-0.3, -0.25) is 4.72 Å². The molecule has 0 aliphatic rings. The van der Waals surface area contributed by atoms with Gasteiger partial charge in [-0.15, -0.1) is 0 Å². The van der Waals surface area contributed by atoms with Gasteiger partial charge in [-0.1, -0.05) is 41.7 Å². The lowest BCUT2D eigenvalue weighted by Crippen LogP contribution is -2.20. The summed E-state index contributed by atoms with van der Waals surface area (Å²) >= 11 is 1.15. The first-order valence-electron chi connectivity index (χ1n) is 9.13. The summed E-state index contributed by atoms with van der Waals surface area (Å²) in [6.07, 6.45) is 0. The SMILES string of the molecule is Cc1cc(NC(=O)Nc2ccccc2F)cc2sc(NS(=O)(=O)c3ccccc3)nc12. The van der Waals surface area contributed by atoms with Crippen LogP contribution in [-0.2, 0) is 10.0 Å². The van der Waals surface area contributed by atoms with Crippen LogP contribution in [0.5, 0.6) is 0 Å². The number of carbonyl (C=O) groups excluding carboxylic acids is 1. The molecule has 1 heterocycles. The van der Waals surface area contributed by atoms with Crippen molar-refractivity contribution in [2.75, 3.05) is 15.4 Å². The summed E-state index contributed by atoms with van der Waals surface area (Å²) in [7, 11) is -3.76. The monoisotopic (exact) mass is 456 g/mol. The number of amides is 2. The third-order valence-electron chi connectivity index (χ3n) is 4.34. The molecular formula is C21H17FN4O3S2. The van der Waals surface area contributed by atoms with E-state index in [9.17, 15) is 17.6 Å². The van der Waals surface area contributed by atoms with Gasteiger partial charge in [-0.05, 0) is 48.9 Å². The predicted molar refractivity (Wildman–Crippen MR) is 121 cm³/mol. The van der Waals surface area contributed by atoms with E-state index < -0.39 is 21.9 Å². The lowest BCUT2D eigenvalue weighted by molar-refractivity contribution is 0.262. The smallest absolute Gasteiger partial charge is 0.308 e. The number of nitrogens with zero attached hydrogens (tertiary/aromatic N) is 1. The normalized spacial score (nSPS) is 11.3. The van der Waals surface area contributed by atoms with Gasteiger partial charge in [0.05, 0.1) is 20.8 Å². The number of anilines is 3. The van der Waals surface area contributed by atoms with Crippen molar-refractivity contribution < 1.29 is 17.6 Å². The summed E-state index contributed by atoms with van der Waals surface area (Å²) in [6, 6.07) is 16.7. The molecule has 0 saturated carbocycles. The zero-order chi connectivity index (χ0) is 22.0. The minimum Gasteiger partial charge on any atom is -0.308 e. The molecule has 0 saturated heterocycles. The van der Waals surface area contributed by atoms with E-state index in [0.717, 1.165) is 16.9 Å². The molecule has 0 atom stereocenters. The maximum absolute atomic E-state index is 13.7. The molecule has 3 aromatic carbocycles. The molecule has 0 aliphatic carbocycles. The van der Waals surface area contributed by atoms with Crippen LogP contribution in [0, 0.1) is 12.7 Å². The summed E-state index contributed by atoms with van der Waals surface area (Å²) in [5, 5.41) is 5.33. The van der Waals surface area contributed by atoms with Gasteiger partial charge in [-0.25, -0.2) is 22.6 Å². The number of para-hydroxylation sites is 1. The highest BCUT2D eigenvalue weighted by Gasteiger charge is 2.17. The van der Waals surface area contributed by atoms with Crippen molar-refractivity contribution in [2.45, 2.75) is 11.8 Å². The Morgan fingerprint density at radius 3 is 2.45 bits per heavy atom. The third kappa shape index (κ3) is 4.65. The minimum absolute atomic E-state index is 0.0631. The molecule has 0 spiro atoms. The fraction of sp³-hybridized carbons (Fsp3) is 0.0476. The second-order valence-electron chi connectivity index (χ2n) is 6.64. The van der Waals surface area contributed by atoms with Crippen LogP contribution in [0.1, 0.15) is 5.56 Å². The average molecular weight is 457 g/mol. The highest BCUT2D eigenvalue weighted by Crippen LogP contribution is 2.32. The number of urea groups is 1. The van der Waals surface area contributed by atoms with Gasteiger partial charge >= 0.3 is 6.03 Å². The molecular weight excluding hydrogens is 439 g/mol. The Labute approximate surface area is 182 Å². The van der Waals surface area contributed by atoms with Crippen LogP contribution in [0.3, 0.4) is 0 Å². The molecule has 158 valence electrons. The van der Waals surface area contributed by atoms with E-state index in [1.807, 2.05) is 0 Å². The lowest BCUT2D eigenvalue weighted by Gasteiger charge is -2.09. The van der Waals surface area contributed by atoms with Crippen molar-refractivity contribution in [1.82, 2.24) is 4.98 Å². The lowest BCUT2D eigenvalue weighted by atomic mass is 10.2. The number of halogens is 1. The molecule has 31 heavy (non-hydrogen) atoms. The van der Waals surface area contributed by atoms with Gasteiger partial charge in [0.15, 0.2) is 5.13 Å². The standard InChI is InChI=1S/C21H17FN4O3S2/c1-13-11-14(23-20(27)24-17-10-6-5-9-16(17)22)12-18-19(13)25-21(30-18)26-31(28,29)15-7-3-2-4-8-15/h2-12H,1H3,(H,25,26)(H2,23,24,27). The predicted octanol–water partition coefficient (Wildman–Crippen LogP) is 5.19. The van der Waals surface area contributed by atoms with Gasteiger partial charge in [-0.2, -0.15) is 0 Å². The molecule has 4 rings (SSSR count). The summed E-state index contributed by atoms with van der Waals surface area (Å²) in [5.74, 6) is -0.540. The Hall–Kier alpha value is -3.50. The third-order valence-corrected chi connectivity index (χ3v) is 6.74. The number of carbonyl (C=O) groups is 1. The molecule has 3 N–H and O–H groups in total. The van der Waals surface area contributed by atoms with Crippen LogP contribution in [0.15, 0.2) is 71.6 Å². The van der Waals surface area contributed by atoms with Crippen LogP contribution < -0.4 is 15.4 Å². The Morgan fingerprint density at radius 1 is 1.00 bits per heavy atom. The number of rotatable bonds is 5. The Bertz CT molecular complexity index is 1370. The number of aryl methyl sites for hydroxylation is 1. The van der Waals surface area contributed by atoms with Crippen molar-refractivity contribution in [1.29, 1.82) is 0 Å². The molecule has 0 fully saturated rings. The van der Waals surface area contributed by atoms with Crippen LogP contribution in [-0.4, -0.2) is 19.4 Å². The number of hydrogen-bond donors (Lipinski definition) is 3. The number of sulfonamides is 1. The van der Waals surface area contributed by atoms with E-state index in [0.29, 0.717) is 15.9 Å². The summed E-state index contributed by atoms with van der Waals surface area (Å²) in [4.78, 5) is 16.7. The molecule has 1 aromatic heterocycles. The van der Waals surface area contributed by atoms with Gasteiger partial charge < -0.3 is 10.6 Å². The van der Waals surface area contributed by atoms with E-state index in [2.05, 4.69) is 20.3 Å². The number of nitrogens with one attached hydrogen (secondary N) is 3. The second-order valence-corrected chi connectivity index (χ2v) is 9.35. The molecule has 0 radical (unpaired) electrons. The van der Waals surface area contributed by atoms with Gasteiger partial charge in [0.2, 0.25) is 0 Å². The van der Waals surface area contributed by atoms with Gasteiger partial charge in [0.25, 0.3) is 10.0 Å². The number of hydrogen-bond acceptors (Lipinski definition) is 5. The van der Waals surface area contributed by atoms with E-state index in [-0.39, 0.29) is 15.7 Å². The number of aromatic nitrogens is 1. The van der Waals surface area contributed by atoms with Gasteiger partial charge in [0.1, 0.15) is 5.82 Å². The van der Waals surface area contributed by atoms with E-state index in [4.69, 9.17) is 0 Å². The van der Waals surface area contributed by atoms with Crippen molar-refractivity contribution >= 4 is 54.1 Å².